The molecule has 0 fully saturated rings. The van der Waals surface area contributed by atoms with Crippen molar-refractivity contribution in [2.24, 2.45) is 5.73 Å². The van der Waals surface area contributed by atoms with Gasteiger partial charge in [0.05, 0.1) is 11.9 Å². The largest absolute Gasteiger partial charge is 0.330 e. The van der Waals surface area contributed by atoms with Gasteiger partial charge in [0, 0.05) is 18.1 Å². The maximum Gasteiger partial charge on any atom is 0.0923 e. The average molecular weight is 158 g/mol. The van der Waals surface area contributed by atoms with Gasteiger partial charge in [-0.2, -0.15) is 27.2 Å². The maximum absolute atomic E-state index is 5.30. The quantitative estimate of drug-likeness (QED) is 0.605. The molecular weight excluding hydrogens is 148 g/mol. The third-order valence-electron chi connectivity index (χ3n) is 0.977. The predicted molar refractivity (Wildman–Crippen MR) is 41.6 cm³/mol. The predicted octanol–water partition coefficient (Wildman–Crippen LogP) is -0.00340. The second kappa shape index (κ2) is 4.29. The molecule has 0 bridgehead atoms. The van der Waals surface area contributed by atoms with Crippen molar-refractivity contribution < 1.29 is 0 Å². The van der Waals surface area contributed by atoms with Gasteiger partial charge in [-0.1, -0.05) is 0 Å². The number of thioether (sulfide) groups is 1. The van der Waals surface area contributed by atoms with Crippen LogP contribution in [0, 0.1) is 0 Å². The fourth-order valence-corrected chi connectivity index (χ4v) is 1.21. The number of rotatable bonds is 4. The molecule has 0 spiro atoms. The van der Waals surface area contributed by atoms with Crippen molar-refractivity contribution in [3.05, 3.63) is 11.9 Å². The summed E-state index contributed by atoms with van der Waals surface area (Å²) in [6.45, 7) is 0.725. The first-order valence-corrected chi connectivity index (χ1v) is 4.21. The van der Waals surface area contributed by atoms with E-state index in [1.165, 1.54) is 0 Å². The molecule has 0 radical (unpaired) electrons. The molecule has 0 amide bonds. The van der Waals surface area contributed by atoms with Gasteiger partial charge in [-0.25, -0.2) is 0 Å². The van der Waals surface area contributed by atoms with Gasteiger partial charge in [0.2, 0.25) is 0 Å². The normalized spacial score (nSPS) is 10.1. The van der Waals surface area contributed by atoms with Gasteiger partial charge in [-0.05, 0) is 0 Å². The summed E-state index contributed by atoms with van der Waals surface area (Å²) in [4.78, 5) is 0. The Kier molecular flexibility index (Phi) is 3.25. The summed E-state index contributed by atoms with van der Waals surface area (Å²) >= 11 is 1.76. The summed E-state index contributed by atoms with van der Waals surface area (Å²) in [5, 5.41) is 10.1. The Balaban J connectivity index is 2.15. The number of H-pyrrole nitrogens is 1. The van der Waals surface area contributed by atoms with Crippen molar-refractivity contribution in [1.82, 2.24) is 15.4 Å². The van der Waals surface area contributed by atoms with Crippen LogP contribution in [0.15, 0.2) is 6.20 Å². The molecule has 3 N–H and O–H groups in total. The van der Waals surface area contributed by atoms with E-state index in [2.05, 4.69) is 15.4 Å². The molecule has 0 aliphatic rings. The lowest BCUT2D eigenvalue weighted by Gasteiger charge is -1.92. The van der Waals surface area contributed by atoms with E-state index in [4.69, 9.17) is 5.73 Å². The lowest BCUT2D eigenvalue weighted by atomic mass is 10.6. The van der Waals surface area contributed by atoms with E-state index < -0.39 is 0 Å². The molecular formula is C5H10N4S. The fraction of sp³-hybridized carbons (Fsp3) is 0.600. The lowest BCUT2D eigenvalue weighted by Crippen LogP contribution is -2.01. The van der Waals surface area contributed by atoms with Gasteiger partial charge >= 0.3 is 0 Å². The van der Waals surface area contributed by atoms with Crippen LogP contribution in [0.4, 0.5) is 0 Å². The minimum atomic E-state index is 0.725. The van der Waals surface area contributed by atoms with Crippen LogP contribution in [0.2, 0.25) is 0 Å². The zero-order valence-electron chi connectivity index (χ0n) is 5.58. The van der Waals surface area contributed by atoms with Crippen LogP contribution in [-0.2, 0) is 5.75 Å². The molecule has 0 saturated heterocycles. The van der Waals surface area contributed by atoms with Crippen molar-refractivity contribution in [2.75, 3.05) is 12.3 Å². The first-order chi connectivity index (χ1) is 4.93. The summed E-state index contributed by atoms with van der Waals surface area (Å²) in [7, 11) is 0. The molecule has 0 atom stereocenters. The van der Waals surface area contributed by atoms with E-state index in [-0.39, 0.29) is 0 Å². The van der Waals surface area contributed by atoms with Gasteiger partial charge in [-0.3, -0.25) is 0 Å². The van der Waals surface area contributed by atoms with E-state index in [0.717, 1.165) is 23.7 Å². The third-order valence-corrected chi connectivity index (χ3v) is 2.00. The molecule has 0 aliphatic carbocycles. The monoisotopic (exact) mass is 158 g/mol. The first kappa shape index (κ1) is 7.56. The summed E-state index contributed by atoms with van der Waals surface area (Å²) in [5.74, 6) is 1.88. The molecule has 10 heavy (non-hydrogen) atoms. The van der Waals surface area contributed by atoms with Crippen molar-refractivity contribution in [3.8, 4) is 0 Å². The highest BCUT2D eigenvalue weighted by molar-refractivity contribution is 7.98. The van der Waals surface area contributed by atoms with Crippen LogP contribution in [0.5, 0.6) is 0 Å². The summed E-state index contributed by atoms with van der Waals surface area (Å²) in [6, 6.07) is 0. The average Bonchev–Trinajstić information content (AvgIpc) is 2.41. The Morgan fingerprint density at radius 3 is 3.20 bits per heavy atom. The maximum atomic E-state index is 5.30. The van der Waals surface area contributed by atoms with Crippen molar-refractivity contribution in [1.29, 1.82) is 0 Å². The van der Waals surface area contributed by atoms with E-state index in [9.17, 15) is 0 Å². The number of nitrogens with one attached hydrogen (secondary N) is 1. The molecule has 0 aliphatic heterocycles. The van der Waals surface area contributed by atoms with Crippen molar-refractivity contribution >= 4 is 11.8 Å². The zero-order chi connectivity index (χ0) is 7.23. The van der Waals surface area contributed by atoms with Crippen LogP contribution >= 0.6 is 11.8 Å². The minimum absolute atomic E-state index is 0.725. The van der Waals surface area contributed by atoms with Gasteiger partial charge in [0.15, 0.2) is 0 Å². The number of hydrogen-bond acceptors (Lipinski definition) is 4. The van der Waals surface area contributed by atoms with Gasteiger partial charge in [0.1, 0.15) is 0 Å². The third kappa shape index (κ3) is 2.36. The summed E-state index contributed by atoms with van der Waals surface area (Å²) in [6.07, 6.45) is 1.73. The second-order valence-corrected chi connectivity index (χ2v) is 2.91. The lowest BCUT2D eigenvalue weighted by molar-refractivity contribution is 0.926. The summed E-state index contributed by atoms with van der Waals surface area (Å²) in [5.41, 5.74) is 6.29. The Morgan fingerprint density at radius 2 is 2.60 bits per heavy atom. The van der Waals surface area contributed by atoms with Crippen molar-refractivity contribution in [2.45, 2.75) is 5.75 Å². The fourth-order valence-electron chi connectivity index (χ4n) is 0.555. The highest BCUT2D eigenvalue weighted by atomic mass is 32.2. The van der Waals surface area contributed by atoms with Gasteiger partial charge in [0.25, 0.3) is 0 Å². The zero-order valence-corrected chi connectivity index (χ0v) is 6.40. The highest BCUT2D eigenvalue weighted by Gasteiger charge is 1.93. The van der Waals surface area contributed by atoms with Crippen LogP contribution < -0.4 is 5.73 Å². The van der Waals surface area contributed by atoms with Crippen LogP contribution in [0.3, 0.4) is 0 Å². The molecule has 1 aromatic rings. The summed E-state index contributed by atoms with van der Waals surface area (Å²) < 4.78 is 0. The molecule has 0 aromatic carbocycles. The number of hydrogen-bond donors (Lipinski definition) is 2. The Morgan fingerprint density at radius 1 is 1.70 bits per heavy atom. The Hall–Kier alpha value is -0.550. The Labute approximate surface area is 63.6 Å². The molecule has 5 heteroatoms. The number of nitrogens with zero attached hydrogens (tertiary/aromatic N) is 2. The molecule has 1 aromatic heterocycles. The van der Waals surface area contributed by atoms with E-state index in [0.29, 0.717) is 0 Å². The molecule has 0 saturated carbocycles. The smallest absolute Gasteiger partial charge is 0.0923 e. The van der Waals surface area contributed by atoms with Crippen LogP contribution in [-0.4, -0.2) is 27.7 Å². The van der Waals surface area contributed by atoms with Crippen LogP contribution in [0.1, 0.15) is 5.69 Å². The molecule has 1 heterocycles. The van der Waals surface area contributed by atoms with Gasteiger partial charge in [-0.15, -0.1) is 0 Å². The topological polar surface area (TPSA) is 67.6 Å². The minimum Gasteiger partial charge on any atom is -0.330 e. The molecule has 0 unspecified atom stereocenters. The molecule has 4 nitrogen and oxygen atoms in total. The number of aromatic amines is 1. The number of aromatic nitrogens is 3. The standard InChI is InChI=1S/C5H10N4S/c6-1-2-10-4-5-3-7-9-8-5/h3H,1-2,4,6H2,(H,7,8,9). The Bertz CT molecular complexity index is 162. The molecule has 1 rings (SSSR count). The number of nitrogens with two attached hydrogens (primary N) is 1. The van der Waals surface area contributed by atoms with Crippen molar-refractivity contribution in [3.63, 3.8) is 0 Å². The SMILES string of the molecule is NCCSCc1cn[nH]n1. The van der Waals surface area contributed by atoms with E-state index >= 15 is 0 Å². The first-order valence-electron chi connectivity index (χ1n) is 3.06. The van der Waals surface area contributed by atoms with Crippen LogP contribution in [0.25, 0.3) is 0 Å². The van der Waals surface area contributed by atoms with E-state index in [1.807, 2.05) is 0 Å². The van der Waals surface area contributed by atoms with E-state index in [1.54, 1.807) is 18.0 Å². The molecule has 56 valence electrons. The highest BCUT2D eigenvalue weighted by Crippen LogP contribution is 2.06. The second-order valence-electron chi connectivity index (χ2n) is 1.80. The van der Waals surface area contributed by atoms with Gasteiger partial charge < -0.3 is 5.73 Å².